The Morgan fingerprint density at radius 2 is 1.43 bits per heavy atom. The van der Waals surface area contributed by atoms with Gasteiger partial charge in [-0.3, -0.25) is 0 Å². The van der Waals surface area contributed by atoms with Crippen molar-refractivity contribution in [3.8, 4) is 0 Å². The first-order chi connectivity index (χ1) is 6.04. The molecule has 14 heavy (non-hydrogen) atoms. The van der Waals surface area contributed by atoms with Crippen LogP contribution in [0.4, 0.5) is 35.5 Å². The van der Waals surface area contributed by atoms with Crippen molar-refractivity contribution in [3.63, 3.8) is 0 Å². The first-order valence-electron chi connectivity index (χ1n) is 2.69. The number of rotatable bonds is 2. The van der Waals surface area contributed by atoms with E-state index in [1.54, 1.807) is 0 Å². The summed E-state index contributed by atoms with van der Waals surface area (Å²) >= 11 is 0. The summed E-state index contributed by atoms with van der Waals surface area (Å²) in [6.45, 7) is 0. The lowest BCUT2D eigenvalue weighted by molar-refractivity contribution is -0.328. The molecule has 0 bridgehead atoms. The Kier molecular flexibility index (Phi) is 3.54. The van der Waals surface area contributed by atoms with Crippen LogP contribution in [-0.2, 0) is 9.47 Å². The van der Waals surface area contributed by atoms with Gasteiger partial charge in [-0.2, -0.15) is 17.6 Å². The van der Waals surface area contributed by atoms with Crippen molar-refractivity contribution in [2.75, 3.05) is 0 Å². The van der Waals surface area contributed by atoms with Crippen LogP contribution in [0.5, 0.6) is 0 Å². The molecule has 0 saturated carbocycles. The van der Waals surface area contributed by atoms with Gasteiger partial charge < -0.3 is 9.47 Å². The summed E-state index contributed by atoms with van der Waals surface area (Å²) in [6, 6.07) is 0. The first-order valence-corrected chi connectivity index (χ1v) is 2.69. The summed E-state index contributed by atoms with van der Waals surface area (Å²) in [5.74, 6) is 0. The number of hydrogen-bond donors (Lipinski definition) is 0. The Balaban J connectivity index is 4.20. The van der Waals surface area contributed by atoms with Gasteiger partial charge in [0.15, 0.2) is 0 Å². The van der Waals surface area contributed by atoms with Crippen molar-refractivity contribution in [3.05, 3.63) is 0 Å². The minimum atomic E-state index is -5.57. The summed E-state index contributed by atoms with van der Waals surface area (Å²) in [7, 11) is 0. The molecule has 0 N–H and O–H groups in total. The Morgan fingerprint density at radius 3 is 1.71 bits per heavy atom. The molecule has 0 aromatic carbocycles. The molecule has 0 heterocycles. The van der Waals surface area contributed by atoms with Crippen LogP contribution in [0, 0.1) is 0 Å². The Bertz CT molecular complexity index is 209. The van der Waals surface area contributed by atoms with E-state index in [1.807, 2.05) is 0 Å². The molecule has 0 aliphatic carbocycles. The molecule has 0 fully saturated rings. The second kappa shape index (κ2) is 3.88. The second-order valence-corrected chi connectivity index (χ2v) is 1.76. The van der Waals surface area contributed by atoms with Gasteiger partial charge in [-0.15, -0.1) is 13.2 Å². The lowest BCUT2D eigenvalue weighted by Gasteiger charge is -2.15. The monoisotopic (exact) mass is 230 g/mol. The average Bonchev–Trinajstić information content (AvgIpc) is 1.79. The third-order valence-electron chi connectivity index (χ3n) is 0.673. The number of hydrogen-bond acceptors (Lipinski definition) is 3. The quantitative estimate of drug-likeness (QED) is 0.540. The maximum Gasteiger partial charge on any atom is 0.577 e. The van der Waals surface area contributed by atoms with Crippen LogP contribution >= 0.6 is 0 Å². The lowest BCUT2D eigenvalue weighted by Crippen LogP contribution is -2.35. The van der Waals surface area contributed by atoms with Crippen molar-refractivity contribution in [1.82, 2.24) is 0 Å². The van der Waals surface area contributed by atoms with Crippen LogP contribution in [0.25, 0.3) is 0 Å². The molecule has 10 heteroatoms. The Morgan fingerprint density at radius 1 is 1.00 bits per heavy atom. The van der Waals surface area contributed by atoms with Crippen molar-refractivity contribution in [2.24, 2.45) is 0 Å². The molecule has 0 rings (SSSR count). The van der Waals surface area contributed by atoms with Crippen molar-refractivity contribution >= 4 is 6.16 Å². The van der Waals surface area contributed by atoms with Gasteiger partial charge in [0.2, 0.25) is 0 Å². The molecular formula is C4HF7O3. The second-order valence-electron chi connectivity index (χ2n) is 1.76. The van der Waals surface area contributed by atoms with E-state index in [2.05, 4.69) is 9.47 Å². The van der Waals surface area contributed by atoms with Gasteiger partial charge in [-0.25, -0.2) is 4.79 Å². The average molecular weight is 230 g/mol. The highest BCUT2D eigenvalue weighted by Crippen LogP contribution is 2.26. The maximum absolute atomic E-state index is 11.7. The molecule has 0 unspecified atom stereocenters. The van der Waals surface area contributed by atoms with Crippen LogP contribution in [0.15, 0.2) is 0 Å². The minimum absolute atomic E-state index is 2.25. The number of alkyl halides is 7. The van der Waals surface area contributed by atoms with Gasteiger partial charge in [0, 0.05) is 0 Å². The fraction of sp³-hybridized carbons (Fsp3) is 0.750. The molecule has 0 aliphatic heterocycles. The third-order valence-corrected chi connectivity index (χ3v) is 0.673. The van der Waals surface area contributed by atoms with E-state index in [-0.39, 0.29) is 0 Å². The van der Waals surface area contributed by atoms with Gasteiger partial charge >= 0.3 is 25.1 Å². The van der Waals surface area contributed by atoms with Gasteiger partial charge in [-0.05, 0) is 0 Å². The normalized spacial score (nSPS) is 12.9. The summed E-state index contributed by atoms with van der Waals surface area (Å²) in [5.41, 5.74) is 0. The van der Waals surface area contributed by atoms with Crippen LogP contribution in [0.1, 0.15) is 0 Å². The number of carbonyl (C=O) groups excluding carboxylic acids is 1. The van der Waals surface area contributed by atoms with Crippen LogP contribution in [0.3, 0.4) is 0 Å². The highest BCUT2D eigenvalue weighted by molar-refractivity contribution is 5.60. The van der Waals surface area contributed by atoms with Gasteiger partial charge in [0.05, 0.1) is 0 Å². The van der Waals surface area contributed by atoms with E-state index >= 15 is 0 Å². The van der Waals surface area contributed by atoms with E-state index in [9.17, 15) is 35.5 Å². The molecule has 3 nitrogen and oxygen atoms in total. The van der Waals surface area contributed by atoms with E-state index in [0.29, 0.717) is 0 Å². The maximum atomic E-state index is 11.7. The summed E-state index contributed by atoms with van der Waals surface area (Å²) < 4.78 is 84.0. The minimum Gasteiger partial charge on any atom is -0.363 e. The molecule has 0 atom stereocenters. The largest absolute Gasteiger partial charge is 0.577 e. The first kappa shape index (κ1) is 12.8. The zero-order chi connectivity index (χ0) is 11.6. The van der Waals surface area contributed by atoms with Crippen LogP contribution in [0.2, 0.25) is 0 Å². The molecular weight excluding hydrogens is 229 g/mol. The molecule has 0 aliphatic rings. The van der Waals surface area contributed by atoms with E-state index in [4.69, 9.17) is 0 Å². The fourth-order valence-corrected chi connectivity index (χ4v) is 0.271. The van der Waals surface area contributed by atoms with Crippen molar-refractivity contribution in [2.45, 2.75) is 18.9 Å². The van der Waals surface area contributed by atoms with Crippen LogP contribution < -0.4 is 0 Å². The van der Waals surface area contributed by atoms with E-state index in [1.165, 1.54) is 0 Å². The topological polar surface area (TPSA) is 35.5 Å². The SMILES string of the molecule is O=C(OC(F)(F)F)OC(F)(F)C(F)F. The molecule has 0 aromatic heterocycles. The zero-order valence-corrected chi connectivity index (χ0v) is 5.95. The van der Waals surface area contributed by atoms with Crippen molar-refractivity contribution in [1.29, 1.82) is 0 Å². The number of carbonyl (C=O) groups is 1. The lowest BCUT2D eigenvalue weighted by atomic mass is 10.7. The number of halogens is 7. The Labute approximate surface area is 71.4 Å². The highest BCUT2D eigenvalue weighted by atomic mass is 19.4. The smallest absolute Gasteiger partial charge is 0.363 e. The predicted octanol–water partition coefficient (Wildman–Crippen LogP) is 2.52. The van der Waals surface area contributed by atoms with E-state index in [0.717, 1.165) is 0 Å². The van der Waals surface area contributed by atoms with Gasteiger partial charge in [-0.1, -0.05) is 0 Å². The van der Waals surface area contributed by atoms with Gasteiger partial charge in [0.25, 0.3) is 0 Å². The standard InChI is InChI=1S/C4HF7O3/c5-1(6)3(7,8)13-2(12)14-4(9,10)11/h1H. The molecule has 0 saturated heterocycles. The zero-order valence-electron chi connectivity index (χ0n) is 5.95. The molecule has 84 valence electrons. The summed E-state index contributed by atoms with van der Waals surface area (Å²) in [4.78, 5) is 9.80. The summed E-state index contributed by atoms with van der Waals surface area (Å²) in [6.07, 6.45) is -18.3. The predicted molar refractivity (Wildman–Crippen MR) is 24.6 cm³/mol. The van der Waals surface area contributed by atoms with Crippen molar-refractivity contribution < 1.29 is 45.0 Å². The van der Waals surface area contributed by atoms with Gasteiger partial charge in [0.1, 0.15) is 0 Å². The molecule has 0 aromatic rings. The van der Waals surface area contributed by atoms with Crippen LogP contribution in [-0.4, -0.2) is 25.1 Å². The Hall–Kier alpha value is -1.22. The number of ether oxygens (including phenoxy) is 2. The molecule has 0 amide bonds. The third kappa shape index (κ3) is 4.72. The summed E-state index contributed by atoms with van der Waals surface area (Å²) in [5, 5.41) is 0. The molecule has 0 radical (unpaired) electrons. The fourth-order valence-electron chi connectivity index (χ4n) is 0.271. The van der Waals surface area contributed by atoms with E-state index < -0.39 is 25.1 Å². The molecule has 0 spiro atoms. The highest BCUT2D eigenvalue weighted by Gasteiger charge is 2.48.